The quantitative estimate of drug-likeness (QED) is 0.591. The van der Waals surface area contributed by atoms with Crippen LogP contribution < -0.4 is 5.32 Å². The van der Waals surface area contributed by atoms with Gasteiger partial charge in [0, 0.05) is 30.0 Å². The van der Waals surface area contributed by atoms with Gasteiger partial charge < -0.3 is 9.88 Å². The van der Waals surface area contributed by atoms with Gasteiger partial charge in [-0.1, -0.05) is 0 Å². The largest absolute Gasteiger partial charge is 0.347 e. The second kappa shape index (κ2) is 6.64. The molecule has 0 aliphatic carbocycles. The second-order valence-electron chi connectivity index (χ2n) is 6.30. The van der Waals surface area contributed by atoms with Crippen LogP contribution in [0.5, 0.6) is 0 Å². The van der Waals surface area contributed by atoms with Crippen molar-refractivity contribution < 1.29 is 9.18 Å². The van der Waals surface area contributed by atoms with Gasteiger partial charge in [0.25, 0.3) is 5.91 Å². The highest BCUT2D eigenvalue weighted by Crippen LogP contribution is 2.26. The summed E-state index contributed by atoms with van der Waals surface area (Å²) in [7, 11) is 1.88. The van der Waals surface area contributed by atoms with Crippen LogP contribution in [0.1, 0.15) is 16.1 Å². The minimum atomic E-state index is -0.293. The number of aromatic nitrogens is 3. The molecule has 4 rings (SSSR count). The molecule has 0 bridgehead atoms. The van der Waals surface area contributed by atoms with Gasteiger partial charge in [-0.3, -0.25) is 4.79 Å². The SMILES string of the molecule is Cc1c(C(=O)Nc2ccc3cccnc3n2)cc(-c2ccc(F)cc2)n1C. The lowest BCUT2D eigenvalue weighted by Gasteiger charge is -2.06. The number of hydrogen-bond acceptors (Lipinski definition) is 3. The van der Waals surface area contributed by atoms with Crippen molar-refractivity contribution in [2.24, 2.45) is 7.05 Å². The fraction of sp³-hybridized carbons (Fsp3) is 0.0952. The summed E-state index contributed by atoms with van der Waals surface area (Å²) >= 11 is 0. The first-order chi connectivity index (χ1) is 13.0. The van der Waals surface area contributed by atoms with Crippen LogP contribution in [0.15, 0.2) is 60.8 Å². The lowest BCUT2D eigenvalue weighted by Crippen LogP contribution is -2.14. The summed E-state index contributed by atoms with van der Waals surface area (Å²) in [6.07, 6.45) is 1.66. The van der Waals surface area contributed by atoms with Crippen molar-refractivity contribution in [3.8, 4) is 11.3 Å². The first kappa shape index (κ1) is 16.9. The Balaban J connectivity index is 1.65. The number of nitrogens with one attached hydrogen (secondary N) is 1. The minimum Gasteiger partial charge on any atom is -0.347 e. The standard InChI is InChI=1S/C21H17FN4O/c1-13-17(12-18(26(13)2)14-5-8-16(22)9-6-14)21(27)25-19-10-7-15-4-3-11-23-20(15)24-19/h3-12H,1-2H3,(H,23,24,25,27). The highest BCUT2D eigenvalue weighted by Gasteiger charge is 2.17. The Kier molecular flexibility index (Phi) is 4.16. The highest BCUT2D eigenvalue weighted by molar-refractivity contribution is 6.05. The third-order valence-electron chi connectivity index (χ3n) is 4.63. The predicted molar refractivity (Wildman–Crippen MR) is 103 cm³/mol. The van der Waals surface area contributed by atoms with Crippen molar-refractivity contribution in [3.63, 3.8) is 0 Å². The number of carbonyl (C=O) groups excluding carboxylic acids is 1. The average Bonchev–Trinajstić information content (AvgIpc) is 2.97. The van der Waals surface area contributed by atoms with E-state index in [0.717, 1.165) is 22.3 Å². The zero-order chi connectivity index (χ0) is 19.0. The van der Waals surface area contributed by atoms with Crippen LogP contribution in [0, 0.1) is 12.7 Å². The molecule has 4 aromatic rings. The molecule has 0 aliphatic heterocycles. The molecular weight excluding hydrogens is 343 g/mol. The van der Waals surface area contributed by atoms with E-state index in [1.807, 2.05) is 36.7 Å². The van der Waals surface area contributed by atoms with E-state index < -0.39 is 0 Å². The van der Waals surface area contributed by atoms with Crippen LogP contribution in [0.4, 0.5) is 10.2 Å². The summed E-state index contributed by atoms with van der Waals surface area (Å²) in [5, 5.41) is 3.74. The number of carbonyl (C=O) groups is 1. The van der Waals surface area contributed by atoms with E-state index in [1.54, 1.807) is 30.5 Å². The van der Waals surface area contributed by atoms with E-state index in [2.05, 4.69) is 15.3 Å². The highest BCUT2D eigenvalue weighted by atomic mass is 19.1. The van der Waals surface area contributed by atoms with Crippen LogP contribution in [-0.2, 0) is 7.05 Å². The molecule has 3 aromatic heterocycles. The van der Waals surface area contributed by atoms with Gasteiger partial charge in [0.2, 0.25) is 0 Å². The lowest BCUT2D eigenvalue weighted by molar-refractivity contribution is 0.102. The molecule has 3 heterocycles. The summed E-state index contributed by atoms with van der Waals surface area (Å²) in [5.74, 6) is -0.101. The monoisotopic (exact) mass is 360 g/mol. The van der Waals surface area contributed by atoms with Crippen LogP contribution in [0.2, 0.25) is 0 Å². The van der Waals surface area contributed by atoms with Gasteiger partial charge in [-0.2, -0.15) is 0 Å². The Morgan fingerprint density at radius 1 is 1.11 bits per heavy atom. The molecule has 1 aromatic carbocycles. The van der Waals surface area contributed by atoms with E-state index in [1.165, 1.54) is 12.1 Å². The molecular formula is C21H17FN4O. The van der Waals surface area contributed by atoms with Crippen molar-refractivity contribution in [2.45, 2.75) is 6.92 Å². The molecule has 1 N–H and O–H groups in total. The van der Waals surface area contributed by atoms with Gasteiger partial charge >= 0.3 is 0 Å². The van der Waals surface area contributed by atoms with Gasteiger partial charge in [-0.15, -0.1) is 0 Å². The topological polar surface area (TPSA) is 59.8 Å². The van der Waals surface area contributed by atoms with Crippen molar-refractivity contribution in [1.82, 2.24) is 14.5 Å². The molecule has 6 heteroatoms. The predicted octanol–water partition coefficient (Wildman–Crippen LogP) is 4.34. The Labute approximate surface area is 155 Å². The van der Waals surface area contributed by atoms with E-state index in [-0.39, 0.29) is 11.7 Å². The Bertz CT molecular complexity index is 1150. The van der Waals surface area contributed by atoms with Gasteiger partial charge in [0.05, 0.1) is 5.56 Å². The number of fused-ring (bicyclic) bond motifs is 1. The molecule has 134 valence electrons. The number of nitrogens with zero attached hydrogens (tertiary/aromatic N) is 3. The van der Waals surface area contributed by atoms with Crippen molar-refractivity contribution in [2.75, 3.05) is 5.32 Å². The number of pyridine rings is 2. The van der Waals surface area contributed by atoms with Crippen molar-refractivity contribution in [1.29, 1.82) is 0 Å². The Morgan fingerprint density at radius 3 is 2.67 bits per heavy atom. The maximum Gasteiger partial charge on any atom is 0.258 e. The minimum absolute atomic E-state index is 0.251. The third kappa shape index (κ3) is 3.17. The molecule has 0 aliphatic rings. The van der Waals surface area contributed by atoms with E-state index in [4.69, 9.17) is 0 Å². The fourth-order valence-corrected chi connectivity index (χ4v) is 3.03. The van der Waals surface area contributed by atoms with E-state index in [0.29, 0.717) is 17.0 Å². The molecule has 0 unspecified atom stereocenters. The summed E-state index contributed by atoms with van der Waals surface area (Å²) in [5.41, 5.74) is 3.61. The van der Waals surface area contributed by atoms with Crippen LogP contribution in [-0.4, -0.2) is 20.4 Å². The number of rotatable bonds is 3. The summed E-state index contributed by atoms with van der Waals surface area (Å²) in [4.78, 5) is 21.4. The molecule has 0 atom stereocenters. The molecule has 0 radical (unpaired) electrons. The van der Waals surface area contributed by atoms with E-state index >= 15 is 0 Å². The number of benzene rings is 1. The average molecular weight is 360 g/mol. The molecule has 27 heavy (non-hydrogen) atoms. The molecule has 1 amide bonds. The molecule has 0 fully saturated rings. The summed E-state index contributed by atoms with van der Waals surface area (Å²) in [6.45, 7) is 1.87. The molecule has 5 nitrogen and oxygen atoms in total. The number of anilines is 1. The summed E-state index contributed by atoms with van der Waals surface area (Å²) in [6, 6.07) is 15.4. The van der Waals surface area contributed by atoms with Crippen molar-refractivity contribution in [3.05, 3.63) is 77.9 Å². The first-order valence-electron chi connectivity index (χ1n) is 8.48. The van der Waals surface area contributed by atoms with Crippen LogP contribution in [0.25, 0.3) is 22.3 Å². The number of hydrogen-bond donors (Lipinski definition) is 1. The number of halogens is 1. The zero-order valence-corrected chi connectivity index (χ0v) is 14.9. The Hall–Kier alpha value is -3.54. The van der Waals surface area contributed by atoms with Crippen LogP contribution >= 0.6 is 0 Å². The zero-order valence-electron chi connectivity index (χ0n) is 14.9. The third-order valence-corrected chi connectivity index (χ3v) is 4.63. The first-order valence-corrected chi connectivity index (χ1v) is 8.48. The molecule has 0 saturated heterocycles. The maximum absolute atomic E-state index is 13.2. The second-order valence-corrected chi connectivity index (χ2v) is 6.30. The number of amides is 1. The van der Waals surface area contributed by atoms with Crippen molar-refractivity contribution >= 4 is 22.8 Å². The van der Waals surface area contributed by atoms with Crippen LogP contribution in [0.3, 0.4) is 0 Å². The smallest absolute Gasteiger partial charge is 0.258 e. The lowest BCUT2D eigenvalue weighted by atomic mass is 10.1. The molecule has 0 spiro atoms. The van der Waals surface area contributed by atoms with Gasteiger partial charge in [-0.05, 0) is 67.1 Å². The fourth-order valence-electron chi connectivity index (χ4n) is 3.03. The normalized spacial score (nSPS) is 10.9. The summed E-state index contributed by atoms with van der Waals surface area (Å²) < 4.78 is 15.1. The maximum atomic E-state index is 13.2. The van der Waals surface area contributed by atoms with Gasteiger partial charge in [-0.25, -0.2) is 14.4 Å². The Morgan fingerprint density at radius 2 is 1.89 bits per heavy atom. The van der Waals surface area contributed by atoms with Gasteiger partial charge in [0.1, 0.15) is 11.6 Å². The van der Waals surface area contributed by atoms with Gasteiger partial charge in [0.15, 0.2) is 5.65 Å². The van der Waals surface area contributed by atoms with E-state index in [9.17, 15) is 9.18 Å². The molecule has 0 saturated carbocycles.